The molecule has 1 unspecified atom stereocenters. The van der Waals surface area contributed by atoms with E-state index in [1.54, 1.807) is 0 Å². The van der Waals surface area contributed by atoms with E-state index in [4.69, 9.17) is 0 Å². The van der Waals surface area contributed by atoms with Gasteiger partial charge < -0.3 is 4.79 Å². The first-order valence-corrected chi connectivity index (χ1v) is 5.36. The predicted molar refractivity (Wildman–Crippen MR) is 60.1 cm³/mol. The minimum atomic E-state index is 0.314. The van der Waals surface area contributed by atoms with E-state index in [1.165, 1.54) is 18.4 Å². The molecule has 1 aliphatic carbocycles. The maximum Gasteiger partial charge on any atom is 0.123 e. The van der Waals surface area contributed by atoms with Crippen molar-refractivity contribution in [1.29, 1.82) is 0 Å². The molecule has 0 aromatic rings. The third kappa shape index (κ3) is 2.57. The smallest absolute Gasteiger partial charge is 0.123 e. The fourth-order valence-electron chi connectivity index (χ4n) is 2.30. The fourth-order valence-corrected chi connectivity index (χ4v) is 2.30. The zero-order valence-corrected chi connectivity index (χ0v) is 9.25. The predicted octanol–water partition coefficient (Wildman–Crippen LogP) is 3.51. The molecule has 1 saturated carbocycles. The Morgan fingerprint density at radius 2 is 2.29 bits per heavy atom. The average molecular weight is 192 g/mol. The zero-order chi connectivity index (χ0) is 10.6. The van der Waals surface area contributed by atoms with Crippen LogP contribution in [0.3, 0.4) is 0 Å². The highest BCUT2D eigenvalue weighted by Gasteiger charge is 2.32. The largest absolute Gasteiger partial charge is 0.303 e. The van der Waals surface area contributed by atoms with Crippen LogP contribution in [0.15, 0.2) is 24.3 Å². The van der Waals surface area contributed by atoms with Crippen molar-refractivity contribution in [3.63, 3.8) is 0 Å². The van der Waals surface area contributed by atoms with Gasteiger partial charge in [0.2, 0.25) is 0 Å². The number of carbonyl (C=O) groups excluding carboxylic acids is 1. The Bertz CT molecular complexity index is 248. The molecule has 1 fully saturated rings. The Kier molecular flexibility index (Phi) is 3.68. The molecule has 0 spiro atoms. The summed E-state index contributed by atoms with van der Waals surface area (Å²) < 4.78 is 0. The Labute approximate surface area is 86.9 Å². The molecule has 14 heavy (non-hydrogen) atoms. The summed E-state index contributed by atoms with van der Waals surface area (Å²) in [5.41, 5.74) is 1.64. The molecule has 1 heteroatoms. The van der Waals surface area contributed by atoms with Crippen LogP contribution < -0.4 is 0 Å². The van der Waals surface area contributed by atoms with Crippen molar-refractivity contribution in [3.8, 4) is 0 Å². The number of hydrogen-bond acceptors (Lipinski definition) is 1. The summed E-state index contributed by atoms with van der Waals surface area (Å²) in [6, 6.07) is 0. The molecule has 0 radical (unpaired) electrons. The number of carbonyl (C=O) groups is 1. The second kappa shape index (κ2) is 4.59. The van der Waals surface area contributed by atoms with E-state index >= 15 is 0 Å². The van der Waals surface area contributed by atoms with Crippen LogP contribution in [0.1, 0.15) is 39.5 Å². The first kappa shape index (κ1) is 11.2. The van der Waals surface area contributed by atoms with Crippen molar-refractivity contribution < 1.29 is 4.79 Å². The minimum Gasteiger partial charge on any atom is -0.303 e. The molecule has 1 rings (SSSR count). The van der Waals surface area contributed by atoms with Gasteiger partial charge in [-0.1, -0.05) is 38.2 Å². The van der Waals surface area contributed by atoms with Crippen LogP contribution >= 0.6 is 0 Å². The van der Waals surface area contributed by atoms with Crippen molar-refractivity contribution in [1.82, 2.24) is 0 Å². The highest BCUT2D eigenvalue weighted by molar-refractivity contribution is 5.51. The van der Waals surface area contributed by atoms with Crippen LogP contribution in [0.2, 0.25) is 0 Å². The van der Waals surface area contributed by atoms with E-state index in [1.807, 2.05) is 6.08 Å². The lowest BCUT2D eigenvalue weighted by atomic mass is 9.67. The second-order valence-electron chi connectivity index (χ2n) is 4.81. The highest BCUT2D eigenvalue weighted by Crippen LogP contribution is 2.43. The minimum absolute atomic E-state index is 0.314. The van der Waals surface area contributed by atoms with Crippen molar-refractivity contribution in [2.24, 2.45) is 11.3 Å². The molecule has 0 bridgehead atoms. The fraction of sp³-hybridized carbons (Fsp3) is 0.615. The second-order valence-corrected chi connectivity index (χ2v) is 4.81. The van der Waals surface area contributed by atoms with Crippen LogP contribution in [-0.4, -0.2) is 6.29 Å². The van der Waals surface area contributed by atoms with Gasteiger partial charge in [0.15, 0.2) is 0 Å². The molecule has 0 N–H and O–H groups in total. The first-order chi connectivity index (χ1) is 6.58. The Hall–Kier alpha value is -0.850. The summed E-state index contributed by atoms with van der Waals surface area (Å²) in [4.78, 5) is 10.2. The lowest BCUT2D eigenvalue weighted by molar-refractivity contribution is -0.107. The summed E-state index contributed by atoms with van der Waals surface area (Å²) in [6.45, 7) is 8.70. The Balaban J connectivity index is 2.70. The van der Waals surface area contributed by atoms with Gasteiger partial charge in [-0.15, -0.1) is 0 Å². The molecule has 0 aliphatic heterocycles. The zero-order valence-electron chi connectivity index (χ0n) is 9.25. The molecule has 0 amide bonds. The van der Waals surface area contributed by atoms with E-state index in [9.17, 15) is 4.79 Å². The van der Waals surface area contributed by atoms with Gasteiger partial charge in [0.25, 0.3) is 0 Å². The Morgan fingerprint density at radius 1 is 1.57 bits per heavy atom. The lowest BCUT2D eigenvalue weighted by Crippen LogP contribution is -2.27. The van der Waals surface area contributed by atoms with Crippen LogP contribution in [-0.2, 0) is 4.79 Å². The number of aldehydes is 1. The summed E-state index contributed by atoms with van der Waals surface area (Å²) in [6.07, 6.45) is 9.24. The molecule has 1 nitrogen and oxygen atoms in total. The number of rotatable bonds is 3. The van der Waals surface area contributed by atoms with E-state index in [0.717, 1.165) is 12.7 Å². The van der Waals surface area contributed by atoms with Crippen molar-refractivity contribution >= 4 is 6.29 Å². The molecule has 1 aliphatic rings. The molecular formula is C13H20O. The van der Waals surface area contributed by atoms with E-state index < -0.39 is 0 Å². The quantitative estimate of drug-likeness (QED) is 0.494. The molecule has 0 aromatic carbocycles. The van der Waals surface area contributed by atoms with E-state index in [0.29, 0.717) is 17.8 Å². The van der Waals surface area contributed by atoms with Gasteiger partial charge in [0.1, 0.15) is 6.29 Å². The van der Waals surface area contributed by atoms with Crippen LogP contribution in [0.4, 0.5) is 0 Å². The monoisotopic (exact) mass is 192 g/mol. The molecular weight excluding hydrogens is 172 g/mol. The summed E-state index contributed by atoms with van der Waals surface area (Å²) in [5.74, 6) is 0.455. The van der Waals surface area contributed by atoms with Gasteiger partial charge in [0, 0.05) is 12.3 Å². The third-order valence-electron chi connectivity index (χ3n) is 3.16. The maximum absolute atomic E-state index is 10.2. The van der Waals surface area contributed by atoms with Crippen molar-refractivity contribution in [2.45, 2.75) is 39.5 Å². The number of hydrogen-bond donors (Lipinski definition) is 0. The average Bonchev–Trinajstić information content (AvgIpc) is 2.09. The third-order valence-corrected chi connectivity index (χ3v) is 3.16. The van der Waals surface area contributed by atoms with E-state index in [2.05, 4.69) is 26.5 Å². The summed E-state index contributed by atoms with van der Waals surface area (Å²) in [7, 11) is 0. The van der Waals surface area contributed by atoms with Gasteiger partial charge >= 0.3 is 0 Å². The molecule has 0 saturated heterocycles. The SMILES string of the molecule is C=C1CCCC(C)(C)C1C=CCC=O. The topological polar surface area (TPSA) is 17.1 Å². The normalized spacial score (nSPS) is 26.7. The van der Waals surface area contributed by atoms with Gasteiger partial charge in [-0.2, -0.15) is 0 Å². The van der Waals surface area contributed by atoms with Gasteiger partial charge in [-0.3, -0.25) is 0 Å². The molecule has 78 valence electrons. The Morgan fingerprint density at radius 3 is 2.86 bits per heavy atom. The van der Waals surface area contributed by atoms with Crippen LogP contribution in [0.25, 0.3) is 0 Å². The molecule has 0 heterocycles. The summed E-state index contributed by atoms with van der Waals surface area (Å²) >= 11 is 0. The van der Waals surface area contributed by atoms with Gasteiger partial charge in [0.05, 0.1) is 0 Å². The maximum atomic E-state index is 10.2. The van der Waals surface area contributed by atoms with Crippen LogP contribution in [0, 0.1) is 11.3 Å². The van der Waals surface area contributed by atoms with E-state index in [-0.39, 0.29) is 0 Å². The van der Waals surface area contributed by atoms with Gasteiger partial charge in [-0.25, -0.2) is 0 Å². The van der Waals surface area contributed by atoms with Crippen molar-refractivity contribution in [3.05, 3.63) is 24.3 Å². The summed E-state index contributed by atoms with van der Waals surface area (Å²) in [5, 5.41) is 0. The standard InChI is InChI=1S/C13H20O/c1-11-7-6-9-13(2,3)12(11)8-4-5-10-14/h4,8,10,12H,1,5-7,9H2,2-3H3. The molecule has 0 aromatic heterocycles. The van der Waals surface area contributed by atoms with Crippen LogP contribution in [0.5, 0.6) is 0 Å². The first-order valence-electron chi connectivity index (χ1n) is 5.36. The number of allylic oxidation sites excluding steroid dienone is 3. The van der Waals surface area contributed by atoms with Gasteiger partial charge in [-0.05, 0) is 24.7 Å². The van der Waals surface area contributed by atoms with Crippen molar-refractivity contribution in [2.75, 3.05) is 0 Å². The molecule has 1 atom stereocenters. The lowest BCUT2D eigenvalue weighted by Gasteiger charge is -2.38. The highest BCUT2D eigenvalue weighted by atomic mass is 16.1.